The van der Waals surface area contributed by atoms with E-state index in [1.807, 2.05) is 0 Å². The Morgan fingerprint density at radius 3 is 1.55 bits per heavy atom. The van der Waals surface area contributed by atoms with Gasteiger partial charge in [0.15, 0.2) is 11.6 Å². The topological polar surface area (TPSA) is 34.1 Å². The Labute approximate surface area is 129 Å². The second kappa shape index (κ2) is 4.16. The standard InChI is InChI=1S/C20H16O2/c21-15-9-10-16(22)20-18-12-6-2-1-5-11(12)17(19(15)20)13-7-3-4-8-14(13)18/h1-12,17-20H/t11-,12-,17+,18+,19-,20-/m0/s1. The van der Waals surface area contributed by atoms with Gasteiger partial charge in [-0.1, -0.05) is 48.6 Å². The van der Waals surface area contributed by atoms with Gasteiger partial charge in [0.1, 0.15) is 0 Å². The minimum Gasteiger partial charge on any atom is -0.294 e. The Kier molecular flexibility index (Phi) is 2.33. The number of benzene rings is 1. The number of hydrogen-bond donors (Lipinski definition) is 0. The molecule has 0 aromatic heterocycles. The maximum absolute atomic E-state index is 12.6. The summed E-state index contributed by atoms with van der Waals surface area (Å²) in [5, 5.41) is 0. The van der Waals surface area contributed by atoms with Crippen molar-refractivity contribution in [1.82, 2.24) is 0 Å². The van der Waals surface area contributed by atoms with E-state index in [2.05, 4.69) is 48.6 Å². The van der Waals surface area contributed by atoms with E-state index in [0.717, 1.165) is 0 Å². The van der Waals surface area contributed by atoms with Gasteiger partial charge in [-0.15, -0.1) is 0 Å². The molecule has 0 unspecified atom stereocenters. The monoisotopic (exact) mass is 288 g/mol. The molecule has 1 saturated carbocycles. The van der Waals surface area contributed by atoms with E-state index in [-0.39, 0.29) is 35.2 Å². The van der Waals surface area contributed by atoms with Crippen LogP contribution in [0.1, 0.15) is 23.0 Å². The first-order chi connectivity index (χ1) is 10.8. The largest absolute Gasteiger partial charge is 0.294 e. The molecule has 1 fully saturated rings. The average Bonchev–Trinajstić information content (AvgIpc) is 2.58. The SMILES string of the molecule is O=C1C=CC(=O)[C@@H]2[C@@H]1[C@H]1c3ccccc3[C@H]2[C@H]2C=CC=C[C@@H]21. The summed E-state index contributed by atoms with van der Waals surface area (Å²) >= 11 is 0. The van der Waals surface area contributed by atoms with Crippen LogP contribution in [0.5, 0.6) is 0 Å². The third-order valence-electron chi connectivity index (χ3n) is 6.00. The van der Waals surface area contributed by atoms with E-state index in [1.54, 1.807) is 0 Å². The summed E-state index contributed by atoms with van der Waals surface area (Å²) in [6.45, 7) is 0. The molecule has 0 spiro atoms. The van der Waals surface area contributed by atoms with Crippen molar-refractivity contribution in [3.63, 3.8) is 0 Å². The first-order valence-electron chi connectivity index (χ1n) is 7.97. The third kappa shape index (κ3) is 1.36. The van der Waals surface area contributed by atoms with E-state index in [1.165, 1.54) is 23.3 Å². The van der Waals surface area contributed by atoms with E-state index >= 15 is 0 Å². The summed E-state index contributed by atoms with van der Waals surface area (Å²) < 4.78 is 0. The van der Waals surface area contributed by atoms with Crippen molar-refractivity contribution >= 4 is 11.6 Å². The van der Waals surface area contributed by atoms with Crippen molar-refractivity contribution in [2.75, 3.05) is 0 Å². The van der Waals surface area contributed by atoms with Gasteiger partial charge in [0.2, 0.25) is 0 Å². The lowest BCUT2D eigenvalue weighted by Crippen LogP contribution is -2.53. The molecule has 22 heavy (non-hydrogen) atoms. The maximum atomic E-state index is 12.6. The number of hydrogen-bond acceptors (Lipinski definition) is 2. The Hall–Kier alpha value is -2.22. The number of ketones is 2. The highest BCUT2D eigenvalue weighted by molar-refractivity contribution is 6.08. The second-order valence-corrected chi connectivity index (χ2v) is 6.79. The van der Waals surface area contributed by atoms with Gasteiger partial charge >= 0.3 is 0 Å². The number of rotatable bonds is 0. The van der Waals surface area contributed by atoms with Crippen LogP contribution in [-0.4, -0.2) is 11.6 Å². The molecule has 108 valence electrons. The lowest BCUT2D eigenvalue weighted by molar-refractivity contribution is -0.135. The van der Waals surface area contributed by atoms with Crippen molar-refractivity contribution < 1.29 is 9.59 Å². The first-order valence-corrected chi connectivity index (χ1v) is 7.97. The summed E-state index contributed by atoms with van der Waals surface area (Å²) in [6.07, 6.45) is 11.7. The normalized spacial score (nSPS) is 40.4. The molecule has 0 N–H and O–H groups in total. The second-order valence-electron chi connectivity index (χ2n) is 6.79. The molecule has 6 atom stereocenters. The van der Waals surface area contributed by atoms with Crippen LogP contribution in [0.2, 0.25) is 0 Å². The number of carbonyl (C=O) groups excluding carboxylic acids is 2. The molecule has 0 saturated heterocycles. The predicted octanol–water partition coefficient (Wildman–Crippen LogP) is 3.18. The molecule has 0 radical (unpaired) electrons. The molecular formula is C20H16O2. The van der Waals surface area contributed by atoms with Gasteiger partial charge in [0, 0.05) is 23.7 Å². The van der Waals surface area contributed by atoms with Gasteiger partial charge in [-0.25, -0.2) is 0 Å². The fourth-order valence-electron chi connectivity index (χ4n) is 5.30. The van der Waals surface area contributed by atoms with Gasteiger partial charge in [0.05, 0.1) is 0 Å². The van der Waals surface area contributed by atoms with Crippen LogP contribution in [0.3, 0.4) is 0 Å². The number of carbonyl (C=O) groups is 2. The Bertz CT molecular complexity index is 718. The van der Waals surface area contributed by atoms with Crippen molar-refractivity contribution in [2.45, 2.75) is 11.8 Å². The van der Waals surface area contributed by atoms with Crippen LogP contribution in [-0.2, 0) is 9.59 Å². The van der Waals surface area contributed by atoms with Gasteiger partial charge < -0.3 is 0 Å². The molecule has 0 amide bonds. The Morgan fingerprint density at radius 1 is 0.636 bits per heavy atom. The molecule has 2 heteroatoms. The van der Waals surface area contributed by atoms with E-state index in [4.69, 9.17) is 0 Å². The highest BCUT2D eigenvalue weighted by Crippen LogP contribution is 2.63. The first kappa shape index (κ1) is 12.3. The quantitative estimate of drug-likeness (QED) is 0.735. The van der Waals surface area contributed by atoms with Crippen molar-refractivity contribution in [1.29, 1.82) is 0 Å². The molecule has 1 aromatic rings. The molecule has 6 rings (SSSR count). The highest BCUT2D eigenvalue weighted by atomic mass is 16.1. The molecule has 2 bridgehead atoms. The molecule has 1 aromatic carbocycles. The van der Waals surface area contributed by atoms with Crippen LogP contribution in [0.25, 0.3) is 0 Å². The highest BCUT2D eigenvalue weighted by Gasteiger charge is 2.59. The molecular weight excluding hydrogens is 272 g/mol. The average molecular weight is 288 g/mol. The third-order valence-corrected chi connectivity index (χ3v) is 6.00. The molecule has 0 heterocycles. The van der Waals surface area contributed by atoms with Crippen LogP contribution >= 0.6 is 0 Å². The van der Waals surface area contributed by atoms with Gasteiger partial charge in [-0.2, -0.15) is 0 Å². The summed E-state index contributed by atoms with van der Waals surface area (Å²) in [7, 11) is 0. The van der Waals surface area contributed by atoms with Gasteiger partial charge in [-0.05, 0) is 35.1 Å². The van der Waals surface area contributed by atoms with Gasteiger partial charge in [-0.3, -0.25) is 9.59 Å². The van der Waals surface area contributed by atoms with Crippen LogP contribution in [0.4, 0.5) is 0 Å². The van der Waals surface area contributed by atoms with E-state index < -0.39 is 0 Å². The maximum Gasteiger partial charge on any atom is 0.160 e. The van der Waals surface area contributed by atoms with E-state index in [0.29, 0.717) is 11.8 Å². The molecule has 5 aliphatic carbocycles. The summed E-state index contributed by atoms with van der Waals surface area (Å²) in [6, 6.07) is 8.41. The lowest BCUT2D eigenvalue weighted by atomic mass is 9.46. The zero-order valence-corrected chi connectivity index (χ0v) is 12.1. The summed E-state index contributed by atoms with van der Waals surface area (Å²) in [5.41, 5.74) is 2.57. The lowest BCUT2D eigenvalue weighted by Gasteiger charge is -2.56. The molecule has 2 nitrogen and oxygen atoms in total. The number of allylic oxidation sites excluding steroid dienone is 6. The van der Waals surface area contributed by atoms with Crippen LogP contribution in [0.15, 0.2) is 60.7 Å². The Balaban J connectivity index is 1.80. The zero-order valence-electron chi connectivity index (χ0n) is 12.1. The molecule has 5 aliphatic rings. The van der Waals surface area contributed by atoms with E-state index in [9.17, 15) is 9.59 Å². The minimum atomic E-state index is -0.171. The summed E-state index contributed by atoms with van der Waals surface area (Å²) in [5.74, 6) is 0.886. The van der Waals surface area contributed by atoms with Crippen molar-refractivity contribution in [2.24, 2.45) is 23.7 Å². The van der Waals surface area contributed by atoms with Crippen molar-refractivity contribution in [3.05, 3.63) is 71.8 Å². The fourth-order valence-corrected chi connectivity index (χ4v) is 5.30. The molecule has 0 aliphatic heterocycles. The van der Waals surface area contributed by atoms with Crippen molar-refractivity contribution in [3.8, 4) is 0 Å². The minimum absolute atomic E-state index is 0.135. The summed E-state index contributed by atoms with van der Waals surface area (Å²) in [4.78, 5) is 25.1. The fraction of sp³-hybridized carbons (Fsp3) is 0.300. The zero-order chi connectivity index (χ0) is 14.8. The predicted molar refractivity (Wildman–Crippen MR) is 83.3 cm³/mol. The van der Waals surface area contributed by atoms with Crippen LogP contribution < -0.4 is 0 Å². The smallest absolute Gasteiger partial charge is 0.160 e. The van der Waals surface area contributed by atoms with Gasteiger partial charge in [0.25, 0.3) is 0 Å². The van der Waals surface area contributed by atoms with Crippen LogP contribution in [0, 0.1) is 23.7 Å². The Morgan fingerprint density at radius 2 is 1.09 bits per heavy atom.